The summed E-state index contributed by atoms with van der Waals surface area (Å²) >= 11 is 0. The molecule has 0 bridgehead atoms. The van der Waals surface area contributed by atoms with Crippen molar-refractivity contribution < 1.29 is 14.3 Å². The minimum absolute atomic E-state index is 0.0640. The number of amides is 1. The SMILES string of the molecule is CC(C)(C)OC(=O)NCCCC[C@H](N)c1cccc(Oc2ccccc2)c1. The lowest BCUT2D eigenvalue weighted by Crippen LogP contribution is -2.33. The van der Waals surface area contributed by atoms with Gasteiger partial charge in [-0.3, -0.25) is 0 Å². The van der Waals surface area contributed by atoms with Crippen LogP contribution in [0.3, 0.4) is 0 Å². The summed E-state index contributed by atoms with van der Waals surface area (Å²) in [5, 5.41) is 2.77. The molecule has 0 aliphatic carbocycles. The molecule has 0 unspecified atom stereocenters. The summed E-state index contributed by atoms with van der Waals surface area (Å²) < 4.78 is 11.1. The molecule has 0 radical (unpaired) electrons. The van der Waals surface area contributed by atoms with Gasteiger partial charge in [0.2, 0.25) is 0 Å². The Morgan fingerprint density at radius 2 is 1.74 bits per heavy atom. The molecule has 0 saturated carbocycles. The van der Waals surface area contributed by atoms with E-state index in [0.29, 0.717) is 6.54 Å². The van der Waals surface area contributed by atoms with Crippen LogP contribution in [0, 0.1) is 0 Å². The third-order valence-corrected chi connectivity index (χ3v) is 3.88. The molecule has 27 heavy (non-hydrogen) atoms. The molecular weight excluding hydrogens is 340 g/mol. The van der Waals surface area contributed by atoms with Crippen LogP contribution in [0.2, 0.25) is 0 Å². The van der Waals surface area contributed by atoms with Crippen LogP contribution < -0.4 is 15.8 Å². The largest absolute Gasteiger partial charge is 0.457 e. The standard InChI is InChI=1S/C22H30N2O3/c1-22(2,3)27-21(25)24-15-8-7-14-20(23)17-10-9-13-19(16-17)26-18-11-5-4-6-12-18/h4-6,9-13,16,20H,7-8,14-15,23H2,1-3H3,(H,24,25)/t20-/m0/s1. The first-order valence-corrected chi connectivity index (χ1v) is 9.39. The van der Waals surface area contributed by atoms with Crippen molar-refractivity contribution in [3.05, 3.63) is 60.2 Å². The van der Waals surface area contributed by atoms with Gasteiger partial charge in [-0.05, 0) is 69.9 Å². The minimum Gasteiger partial charge on any atom is -0.457 e. The van der Waals surface area contributed by atoms with Gasteiger partial charge in [-0.2, -0.15) is 0 Å². The molecule has 0 fully saturated rings. The Bertz CT molecular complexity index is 711. The summed E-state index contributed by atoms with van der Waals surface area (Å²) in [7, 11) is 0. The van der Waals surface area contributed by atoms with Crippen molar-refractivity contribution in [2.45, 2.75) is 51.7 Å². The van der Waals surface area contributed by atoms with Crippen molar-refractivity contribution in [3.8, 4) is 11.5 Å². The molecule has 5 nitrogen and oxygen atoms in total. The van der Waals surface area contributed by atoms with Crippen molar-refractivity contribution >= 4 is 6.09 Å². The fourth-order valence-electron chi connectivity index (χ4n) is 2.59. The van der Waals surface area contributed by atoms with E-state index in [4.69, 9.17) is 15.2 Å². The highest BCUT2D eigenvalue weighted by molar-refractivity contribution is 5.67. The summed E-state index contributed by atoms with van der Waals surface area (Å²) in [6.45, 7) is 6.13. The van der Waals surface area contributed by atoms with Crippen LogP contribution in [-0.4, -0.2) is 18.2 Å². The third-order valence-electron chi connectivity index (χ3n) is 3.88. The lowest BCUT2D eigenvalue weighted by molar-refractivity contribution is 0.0527. The second-order valence-electron chi connectivity index (χ2n) is 7.52. The summed E-state index contributed by atoms with van der Waals surface area (Å²) in [5.41, 5.74) is 6.89. The van der Waals surface area contributed by atoms with Crippen LogP contribution in [0.1, 0.15) is 51.6 Å². The van der Waals surface area contributed by atoms with E-state index < -0.39 is 5.60 Å². The Balaban J connectivity index is 1.73. The predicted molar refractivity (Wildman–Crippen MR) is 108 cm³/mol. The van der Waals surface area contributed by atoms with Crippen LogP contribution in [0.25, 0.3) is 0 Å². The number of carbonyl (C=O) groups excluding carboxylic acids is 1. The van der Waals surface area contributed by atoms with Gasteiger partial charge >= 0.3 is 6.09 Å². The Hall–Kier alpha value is -2.53. The molecule has 1 amide bonds. The number of alkyl carbamates (subject to hydrolysis) is 1. The number of nitrogens with two attached hydrogens (primary N) is 1. The van der Waals surface area contributed by atoms with Crippen LogP contribution in [0.15, 0.2) is 54.6 Å². The number of carbonyl (C=O) groups is 1. The Labute approximate surface area is 161 Å². The molecule has 5 heteroatoms. The second-order valence-corrected chi connectivity index (χ2v) is 7.52. The molecule has 2 aromatic carbocycles. The van der Waals surface area contributed by atoms with Crippen LogP contribution >= 0.6 is 0 Å². The zero-order valence-corrected chi connectivity index (χ0v) is 16.4. The van der Waals surface area contributed by atoms with Gasteiger partial charge in [-0.1, -0.05) is 30.3 Å². The van der Waals surface area contributed by atoms with Gasteiger partial charge in [-0.15, -0.1) is 0 Å². The first-order valence-electron chi connectivity index (χ1n) is 9.39. The Morgan fingerprint density at radius 3 is 2.44 bits per heavy atom. The maximum absolute atomic E-state index is 11.6. The van der Waals surface area contributed by atoms with Gasteiger partial charge in [0.1, 0.15) is 17.1 Å². The maximum atomic E-state index is 11.6. The minimum atomic E-state index is -0.473. The van der Waals surface area contributed by atoms with Gasteiger partial charge in [0.05, 0.1) is 0 Å². The van der Waals surface area contributed by atoms with Gasteiger partial charge in [0, 0.05) is 12.6 Å². The molecule has 0 aliphatic heterocycles. The smallest absolute Gasteiger partial charge is 0.407 e. The van der Waals surface area contributed by atoms with Crippen molar-refractivity contribution in [1.29, 1.82) is 0 Å². The fraction of sp³-hybridized carbons (Fsp3) is 0.409. The Morgan fingerprint density at radius 1 is 1.04 bits per heavy atom. The quantitative estimate of drug-likeness (QED) is 0.628. The number of hydrogen-bond donors (Lipinski definition) is 2. The van der Waals surface area contributed by atoms with Gasteiger partial charge in [-0.25, -0.2) is 4.79 Å². The molecule has 0 aliphatic rings. The molecule has 146 valence electrons. The molecule has 1 atom stereocenters. The monoisotopic (exact) mass is 370 g/mol. The van der Waals surface area contributed by atoms with Gasteiger partial charge < -0.3 is 20.5 Å². The summed E-state index contributed by atoms with van der Waals surface area (Å²) in [6, 6.07) is 17.5. The summed E-state index contributed by atoms with van der Waals surface area (Å²) in [4.78, 5) is 11.6. The Kier molecular flexibility index (Phi) is 7.67. The zero-order chi connectivity index (χ0) is 19.7. The third kappa shape index (κ3) is 8.13. The molecular formula is C22H30N2O3. The highest BCUT2D eigenvalue weighted by Gasteiger charge is 2.15. The highest BCUT2D eigenvalue weighted by atomic mass is 16.6. The lowest BCUT2D eigenvalue weighted by Gasteiger charge is -2.19. The highest BCUT2D eigenvalue weighted by Crippen LogP contribution is 2.25. The number of hydrogen-bond acceptors (Lipinski definition) is 4. The summed E-state index contributed by atoms with van der Waals surface area (Å²) in [6.07, 6.45) is 2.23. The van der Waals surface area contributed by atoms with Crippen LogP contribution in [0.5, 0.6) is 11.5 Å². The maximum Gasteiger partial charge on any atom is 0.407 e. The first kappa shape index (κ1) is 20.8. The molecule has 2 rings (SSSR count). The van der Waals surface area contributed by atoms with Crippen LogP contribution in [0.4, 0.5) is 4.79 Å². The van der Waals surface area contributed by atoms with Crippen molar-refractivity contribution in [2.24, 2.45) is 5.73 Å². The van der Waals surface area contributed by atoms with Crippen molar-refractivity contribution in [2.75, 3.05) is 6.54 Å². The van der Waals surface area contributed by atoms with E-state index in [9.17, 15) is 4.79 Å². The summed E-state index contributed by atoms with van der Waals surface area (Å²) in [5.74, 6) is 1.58. The zero-order valence-electron chi connectivity index (χ0n) is 16.4. The molecule has 0 spiro atoms. The number of nitrogens with one attached hydrogen (secondary N) is 1. The lowest BCUT2D eigenvalue weighted by atomic mass is 10.0. The predicted octanol–water partition coefficient (Wildman–Crippen LogP) is 5.17. The number of rotatable bonds is 8. The number of ether oxygens (including phenoxy) is 2. The van der Waals surface area contributed by atoms with E-state index in [1.165, 1.54) is 0 Å². The first-order chi connectivity index (χ1) is 12.8. The van der Waals surface area contributed by atoms with E-state index in [2.05, 4.69) is 5.32 Å². The van der Waals surface area contributed by atoms with Gasteiger partial charge in [0.25, 0.3) is 0 Å². The second kappa shape index (κ2) is 9.97. The average molecular weight is 370 g/mol. The average Bonchev–Trinajstić information content (AvgIpc) is 2.61. The van der Waals surface area contributed by atoms with Gasteiger partial charge in [0.15, 0.2) is 0 Å². The van der Waals surface area contributed by atoms with Crippen molar-refractivity contribution in [1.82, 2.24) is 5.32 Å². The van der Waals surface area contributed by atoms with E-state index in [1.807, 2.05) is 75.4 Å². The molecule has 3 N–H and O–H groups in total. The van der Waals surface area contributed by atoms with E-state index in [-0.39, 0.29) is 12.1 Å². The number of unbranched alkanes of at least 4 members (excludes halogenated alkanes) is 1. The van der Waals surface area contributed by atoms with E-state index in [0.717, 1.165) is 36.3 Å². The molecule has 0 aromatic heterocycles. The number of para-hydroxylation sites is 1. The van der Waals surface area contributed by atoms with Crippen molar-refractivity contribution in [3.63, 3.8) is 0 Å². The number of benzene rings is 2. The fourth-order valence-corrected chi connectivity index (χ4v) is 2.59. The molecule has 0 heterocycles. The van der Waals surface area contributed by atoms with E-state index >= 15 is 0 Å². The van der Waals surface area contributed by atoms with E-state index in [1.54, 1.807) is 0 Å². The molecule has 0 saturated heterocycles. The normalized spacial score (nSPS) is 12.3. The topological polar surface area (TPSA) is 73.6 Å². The van der Waals surface area contributed by atoms with Crippen LogP contribution in [-0.2, 0) is 4.74 Å². The molecule has 2 aromatic rings.